The van der Waals surface area contributed by atoms with Gasteiger partial charge in [0.05, 0.1) is 0 Å². The van der Waals surface area contributed by atoms with Crippen LogP contribution in [0.1, 0.15) is 59.3 Å². The molecule has 0 saturated heterocycles. The molecule has 0 bridgehead atoms. The first-order valence-electron chi connectivity index (χ1n) is 6.64. The summed E-state index contributed by atoms with van der Waals surface area (Å²) in [6.45, 7) is 9.25. The Bertz CT molecular complexity index is 128. The monoisotopic (exact) mass is 215 g/mol. The second-order valence-corrected chi connectivity index (χ2v) is 4.29. The van der Waals surface area contributed by atoms with E-state index in [1.165, 1.54) is 32.1 Å². The van der Waals surface area contributed by atoms with E-state index in [-0.39, 0.29) is 0 Å². The van der Waals surface area contributed by atoms with Gasteiger partial charge >= 0.3 is 0 Å². The quantitative estimate of drug-likeness (QED) is 0.605. The summed E-state index contributed by atoms with van der Waals surface area (Å²) in [4.78, 5) is 2.54. The predicted octanol–water partition coefficient (Wildman–Crippen LogP) is 3.05. The zero-order valence-corrected chi connectivity index (χ0v) is 10.8. The fraction of sp³-hybridized carbons (Fsp3) is 1.00. The molecular formula is C13H29NO. The van der Waals surface area contributed by atoms with Gasteiger partial charge in [-0.05, 0) is 25.8 Å². The standard InChI is InChI=1S/C13H29NO/c1-4-7-10-13(9-5-2)14(6-3)11-8-12-15/h13,15H,4-12H2,1-3H3. The van der Waals surface area contributed by atoms with Crippen molar-refractivity contribution in [3.63, 3.8) is 0 Å². The van der Waals surface area contributed by atoms with Crippen molar-refractivity contribution in [1.29, 1.82) is 0 Å². The molecule has 0 amide bonds. The Labute approximate surface area is 95.7 Å². The van der Waals surface area contributed by atoms with E-state index in [2.05, 4.69) is 25.7 Å². The molecule has 0 saturated carbocycles. The Morgan fingerprint density at radius 1 is 1.00 bits per heavy atom. The van der Waals surface area contributed by atoms with Crippen LogP contribution in [0, 0.1) is 0 Å². The van der Waals surface area contributed by atoms with Gasteiger partial charge in [-0.25, -0.2) is 0 Å². The second-order valence-electron chi connectivity index (χ2n) is 4.29. The van der Waals surface area contributed by atoms with Gasteiger partial charge in [0, 0.05) is 19.2 Å². The molecule has 0 aromatic carbocycles. The molecule has 0 heterocycles. The maximum Gasteiger partial charge on any atom is 0.0443 e. The van der Waals surface area contributed by atoms with Crippen LogP contribution in [0.5, 0.6) is 0 Å². The minimum atomic E-state index is 0.323. The molecule has 0 aliphatic heterocycles. The Balaban J connectivity index is 4.00. The van der Waals surface area contributed by atoms with Crippen LogP contribution in [-0.4, -0.2) is 35.7 Å². The number of unbranched alkanes of at least 4 members (excludes halogenated alkanes) is 1. The van der Waals surface area contributed by atoms with Gasteiger partial charge in [0.15, 0.2) is 0 Å². The Kier molecular flexibility index (Phi) is 10.4. The summed E-state index contributed by atoms with van der Waals surface area (Å²) >= 11 is 0. The fourth-order valence-electron chi connectivity index (χ4n) is 2.16. The number of hydrogen-bond donors (Lipinski definition) is 1. The lowest BCUT2D eigenvalue weighted by molar-refractivity contribution is 0.163. The summed E-state index contributed by atoms with van der Waals surface area (Å²) in [7, 11) is 0. The minimum Gasteiger partial charge on any atom is -0.396 e. The second kappa shape index (κ2) is 10.4. The topological polar surface area (TPSA) is 23.5 Å². The molecular weight excluding hydrogens is 186 g/mol. The van der Waals surface area contributed by atoms with Gasteiger partial charge in [-0.15, -0.1) is 0 Å². The van der Waals surface area contributed by atoms with Gasteiger partial charge in [-0.1, -0.05) is 40.0 Å². The summed E-state index contributed by atoms with van der Waals surface area (Å²) in [6.07, 6.45) is 7.44. The van der Waals surface area contributed by atoms with Crippen LogP contribution in [0.3, 0.4) is 0 Å². The van der Waals surface area contributed by atoms with Gasteiger partial charge in [0.2, 0.25) is 0 Å². The molecule has 0 aliphatic rings. The molecule has 2 heteroatoms. The summed E-state index contributed by atoms with van der Waals surface area (Å²) in [5, 5.41) is 8.87. The van der Waals surface area contributed by atoms with E-state index in [0.717, 1.165) is 25.6 Å². The van der Waals surface area contributed by atoms with Crippen molar-refractivity contribution >= 4 is 0 Å². The largest absolute Gasteiger partial charge is 0.396 e. The summed E-state index contributed by atoms with van der Waals surface area (Å²) in [5.41, 5.74) is 0. The van der Waals surface area contributed by atoms with Crippen LogP contribution in [0.15, 0.2) is 0 Å². The van der Waals surface area contributed by atoms with E-state index >= 15 is 0 Å². The molecule has 1 unspecified atom stereocenters. The molecule has 0 radical (unpaired) electrons. The molecule has 15 heavy (non-hydrogen) atoms. The van der Waals surface area contributed by atoms with Crippen molar-refractivity contribution in [2.45, 2.75) is 65.3 Å². The molecule has 0 aliphatic carbocycles. The summed E-state index contributed by atoms with van der Waals surface area (Å²) in [5.74, 6) is 0. The maximum absolute atomic E-state index is 8.87. The lowest BCUT2D eigenvalue weighted by atomic mass is 10.0. The third-order valence-corrected chi connectivity index (χ3v) is 3.04. The Hall–Kier alpha value is -0.0800. The zero-order valence-electron chi connectivity index (χ0n) is 10.8. The highest BCUT2D eigenvalue weighted by Gasteiger charge is 2.14. The van der Waals surface area contributed by atoms with Crippen molar-refractivity contribution in [2.75, 3.05) is 19.7 Å². The van der Waals surface area contributed by atoms with E-state index in [1.807, 2.05) is 0 Å². The number of hydrogen-bond acceptors (Lipinski definition) is 2. The lowest BCUT2D eigenvalue weighted by Crippen LogP contribution is -2.36. The fourth-order valence-corrected chi connectivity index (χ4v) is 2.16. The lowest BCUT2D eigenvalue weighted by Gasteiger charge is -2.30. The van der Waals surface area contributed by atoms with Gasteiger partial charge in [-0.3, -0.25) is 0 Å². The normalized spacial score (nSPS) is 13.4. The van der Waals surface area contributed by atoms with Crippen molar-refractivity contribution in [3.05, 3.63) is 0 Å². The molecule has 1 N–H and O–H groups in total. The molecule has 92 valence electrons. The molecule has 0 spiro atoms. The van der Waals surface area contributed by atoms with Gasteiger partial charge < -0.3 is 10.0 Å². The highest BCUT2D eigenvalue weighted by molar-refractivity contribution is 4.70. The molecule has 0 aromatic rings. The van der Waals surface area contributed by atoms with Crippen LogP contribution >= 0.6 is 0 Å². The summed E-state index contributed by atoms with van der Waals surface area (Å²) < 4.78 is 0. The smallest absolute Gasteiger partial charge is 0.0443 e. The minimum absolute atomic E-state index is 0.323. The van der Waals surface area contributed by atoms with Crippen molar-refractivity contribution in [3.8, 4) is 0 Å². The van der Waals surface area contributed by atoms with Crippen LogP contribution in [0.2, 0.25) is 0 Å². The first kappa shape index (κ1) is 14.9. The third kappa shape index (κ3) is 6.91. The van der Waals surface area contributed by atoms with E-state index < -0.39 is 0 Å². The number of rotatable bonds is 10. The Morgan fingerprint density at radius 2 is 1.73 bits per heavy atom. The molecule has 0 rings (SSSR count). The zero-order chi connectivity index (χ0) is 11.5. The van der Waals surface area contributed by atoms with Crippen LogP contribution in [0.25, 0.3) is 0 Å². The highest BCUT2D eigenvalue weighted by Crippen LogP contribution is 2.14. The summed E-state index contributed by atoms with van der Waals surface area (Å²) in [6, 6.07) is 0.742. The van der Waals surface area contributed by atoms with Crippen LogP contribution in [0.4, 0.5) is 0 Å². The highest BCUT2D eigenvalue weighted by atomic mass is 16.3. The van der Waals surface area contributed by atoms with Gasteiger partial charge in [0.1, 0.15) is 0 Å². The third-order valence-electron chi connectivity index (χ3n) is 3.04. The average molecular weight is 215 g/mol. The Morgan fingerprint density at radius 3 is 2.20 bits per heavy atom. The van der Waals surface area contributed by atoms with Crippen molar-refractivity contribution in [1.82, 2.24) is 4.90 Å². The van der Waals surface area contributed by atoms with E-state index in [1.54, 1.807) is 0 Å². The molecule has 0 aromatic heterocycles. The first-order chi connectivity index (χ1) is 7.29. The van der Waals surface area contributed by atoms with Gasteiger partial charge in [0.25, 0.3) is 0 Å². The first-order valence-corrected chi connectivity index (χ1v) is 6.64. The van der Waals surface area contributed by atoms with E-state index in [4.69, 9.17) is 5.11 Å². The number of nitrogens with zero attached hydrogens (tertiary/aromatic N) is 1. The van der Waals surface area contributed by atoms with E-state index in [0.29, 0.717) is 6.61 Å². The molecule has 1 atom stereocenters. The van der Waals surface area contributed by atoms with E-state index in [9.17, 15) is 0 Å². The van der Waals surface area contributed by atoms with Gasteiger partial charge in [-0.2, -0.15) is 0 Å². The maximum atomic E-state index is 8.87. The average Bonchev–Trinajstić information content (AvgIpc) is 2.26. The number of aliphatic hydroxyl groups is 1. The number of aliphatic hydroxyl groups excluding tert-OH is 1. The van der Waals surface area contributed by atoms with Crippen LogP contribution in [-0.2, 0) is 0 Å². The SMILES string of the molecule is CCCCC(CCC)N(CC)CCCO. The van der Waals surface area contributed by atoms with Crippen molar-refractivity contribution in [2.24, 2.45) is 0 Å². The molecule has 0 fully saturated rings. The molecule has 2 nitrogen and oxygen atoms in total. The predicted molar refractivity (Wildman–Crippen MR) is 67.2 cm³/mol. The van der Waals surface area contributed by atoms with Crippen LogP contribution < -0.4 is 0 Å². The van der Waals surface area contributed by atoms with Crippen molar-refractivity contribution < 1.29 is 5.11 Å².